The van der Waals surface area contributed by atoms with Gasteiger partial charge in [-0.2, -0.15) is 0 Å². The van der Waals surface area contributed by atoms with Crippen LogP contribution in [-0.4, -0.2) is 13.1 Å². The SMILES string of the molecule is CCCCCCC(CNCC(C)C)Cc1ccc(F)cc1. The van der Waals surface area contributed by atoms with Gasteiger partial charge in [0.25, 0.3) is 0 Å². The topological polar surface area (TPSA) is 12.0 Å². The molecule has 0 heterocycles. The van der Waals surface area contributed by atoms with Crippen LogP contribution >= 0.6 is 0 Å². The van der Waals surface area contributed by atoms with E-state index in [0.29, 0.717) is 11.8 Å². The van der Waals surface area contributed by atoms with Crippen molar-refractivity contribution < 1.29 is 4.39 Å². The Hall–Kier alpha value is -0.890. The van der Waals surface area contributed by atoms with E-state index in [4.69, 9.17) is 0 Å². The molecule has 0 saturated carbocycles. The van der Waals surface area contributed by atoms with Crippen LogP contribution in [0.1, 0.15) is 58.4 Å². The molecular weight excluding hydrogens is 261 g/mol. The number of rotatable bonds is 11. The minimum atomic E-state index is -0.142. The summed E-state index contributed by atoms with van der Waals surface area (Å²) in [6.07, 6.45) is 7.58. The molecule has 21 heavy (non-hydrogen) atoms. The zero-order valence-corrected chi connectivity index (χ0v) is 14.0. The molecule has 1 N–H and O–H groups in total. The van der Waals surface area contributed by atoms with Crippen LogP contribution in [0.3, 0.4) is 0 Å². The predicted octanol–water partition coefficient (Wildman–Crippen LogP) is 5.20. The maximum absolute atomic E-state index is 13.0. The van der Waals surface area contributed by atoms with Gasteiger partial charge in [0.15, 0.2) is 0 Å². The van der Waals surface area contributed by atoms with Gasteiger partial charge in [-0.25, -0.2) is 4.39 Å². The van der Waals surface area contributed by atoms with Crippen LogP contribution in [0.15, 0.2) is 24.3 Å². The van der Waals surface area contributed by atoms with Crippen molar-refractivity contribution in [2.24, 2.45) is 11.8 Å². The molecule has 0 radical (unpaired) electrons. The van der Waals surface area contributed by atoms with E-state index in [0.717, 1.165) is 19.5 Å². The fourth-order valence-corrected chi connectivity index (χ4v) is 2.67. The monoisotopic (exact) mass is 293 g/mol. The Balaban J connectivity index is 2.43. The molecule has 1 atom stereocenters. The molecule has 1 nitrogen and oxygen atoms in total. The molecule has 0 amide bonds. The standard InChI is InChI=1S/C19H32FN/c1-4-5-6-7-8-18(15-21-14-16(2)3)13-17-9-11-19(20)12-10-17/h9-12,16,18,21H,4-8,13-15H2,1-3H3. The first kappa shape index (κ1) is 18.2. The minimum absolute atomic E-state index is 0.142. The van der Waals surface area contributed by atoms with Gasteiger partial charge in [0.1, 0.15) is 5.82 Å². The average molecular weight is 293 g/mol. The molecule has 2 heteroatoms. The smallest absolute Gasteiger partial charge is 0.123 e. The highest BCUT2D eigenvalue weighted by molar-refractivity contribution is 5.16. The predicted molar refractivity (Wildman–Crippen MR) is 90.1 cm³/mol. The van der Waals surface area contributed by atoms with Crippen molar-refractivity contribution in [3.8, 4) is 0 Å². The number of hydrogen-bond acceptors (Lipinski definition) is 1. The van der Waals surface area contributed by atoms with Gasteiger partial charge in [-0.05, 0) is 55.5 Å². The van der Waals surface area contributed by atoms with Gasteiger partial charge in [0, 0.05) is 0 Å². The van der Waals surface area contributed by atoms with Crippen LogP contribution in [0.25, 0.3) is 0 Å². The third-order valence-electron chi connectivity index (χ3n) is 3.89. The Morgan fingerprint density at radius 2 is 1.71 bits per heavy atom. The average Bonchev–Trinajstić information content (AvgIpc) is 2.45. The summed E-state index contributed by atoms with van der Waals surface area (Å²) in [6, 6.07) is 7.00. The summed E-state index contributed by atoms with van der Waals surface area (Å²) in [6.45, 7) is 8.88. The van der Waals surface area contributed by atoms with Crippen LogP contribution in [0.2, 0.25) is 0 Å². The number of hydrogen-bond donors (Lipinski definition) is 1. The van der Waals surface area contributed by atoms with Crippen molar-refractivity contribution >= 4 is 0 Å². The largest absolute Gasteiger partial charge is 0.316 e. The van der Waals surface area contributed by atoms with E-state index in [-0.39, 0.29) is 5.82 Å². The molecule has 0 aliphatic rings. The molecule has 0 aromatic heterocycles. The summed E-state index contributed by atoms with van der Waals surface area (Å²) >= 11 is 0. The molecular formula is C19H32FN. The summed E-state index contributed by atoms with van der Waals surface area (Å²) in [5.74, 6) is 1.21. The summed E-state index contributed by atoms with van der Waals surface area (Å²) in [4.78, 5) is 0. The van der Waals surface area contributed by atoms with E-state index in [1.807, 2.05) is 12.1 Å². The second kappa shape index (κ2) is 10.8. The van der Waals surface area contributed by atoms with E-state index < -0.39 is 0 Å². The molecule has 0 aliphatic heterocycles. The van der Waals surface area contributed by atoms with Crippen molar-refractivity contribution in [2.75, 3.05) is 13.1 Å². The van der Waals surface area contributed by atoms with Crippen LogP contribution in [0.5, 0.6) is 0 Å². The first-order valence-electron chi connectivity index (χ1n) is 8.57. The van der Waals surface area contributed by atoms with Crippen molar-refractivity contribution in [2.45, 2.75) is 59.3 Å². The van der Waals surface area contributed by atoms with Crippen LogP contribution in [-0.2, 0) is 6.42 Å². The van der Waals surface area contributed by atoms with Gasteiger partial charge in [-0.1, -0.05) is 58.6 Å². The molecule has 1 aromatic rings. The lowest BCUT2D eigenvalue weighted by molar-refractivity contribution is 0.407. The van der Waals surface area contributed by atoms with Crippen molar-refractivity contribution in [1.29, 1.82) is 0 Å². The van der Waals surface area contributed by atoms with Gasteiger partial charge in [0.2, 0.25) is 0 Å². The summed E-state index contributed by atoms with van der Waals surface area (Å²) in [7, 11) is 0. The molecule has 0 fully saturated rings. The highest BCUT2D eigenvalue weighted by atomic mass is 19.1. The summed E-state index contributed by atoms with van der Waals surface area (Å²) in [5, 5.41) is 3.58. The summed E-state index contributed by atoms with van der Waals surface area (Å²) < 4.78 is 13.0. The maximum atomic E-state index is 13.0. The molecule has 1 rings (SSSR count). The Morgan fingerprint density at radius 1 is 1.00 bits per heavy atom. The fraction of sp³-hybridized carbons (Fsp3) is 0.684. The van der Waals surface area contributed by atoms with Crippen molar-refractivity contribution in [3.63, 3.8) is 0 Å². The highest BCUT2D eigenvalue weighted by Gasteiger charge is 2.10. The molecule has 0 bridgehead atoms. The first-order chi connectivity index (χ1) is 10.1. The second-order valence-corrected chi connectivity index (χ2v) is 6.60. The number of benzene rings is 1. The third-order valence-corrected chi connectivity index (χ3v) is 3.89. The number of unbranched alkanes of at least 4 members (excludes halogenated alkanes) is 3. The molecule has 1 aromatic carbocycles. The molecule has 0 aliphatic carbocycles. The quantitative estimate of drug-likeness (QED) is 0.553. The van der Waals surface area contributed by atoms with Gasteiger partial charge in [-0.15, -0.1) is 0 Å². The van der Waals surface area contributed by atoms with E-state index in [1.165, 1.54) is 37.7 Å². The van der Waals surface area contributed by atoms with Gasteiger partial charge in [0.05, 0.1) is 0 Å². The van der Waals surface area contributed by atoms with Crippen molar-refractivity contribution in [3.05, 3.63) is 35.6 Å². The normalized spacial score (nSPS) is 12.8. The lowest BCUT2D eigenvalue weighted by Crippen LogP contribution is -2.27. The lowest BCUT2D eigenvalue weighted by Gasteiger charge is -2.19. The number of nitrogens with one attached hydrogen (secondary N) is 1. The molecule has 120 valence electrons. The fourth-order valence-electron chi connectivity index (χ4n) is 2.67. The molecule has 0 saturated heterocycles. The Bertz CT molecular complexity index is 358. The Labute approximate surface area is 130 Å². The van der Waals surface area contributed by atoms with E-state index in [9.17, 15) is 4.39 Å². The second-order valence-electron chi connectivity index (χ2n) is 6.60. The first-order valence-corrected chi connectivity index (χ1v) is 8.57. The lowest BCUT2D eigenvalue weighted by atomic mass is 9.93. The Kier molecular flexibility index (Phi) is 9.32. The van der Waals surface area contributed by atoms with Crippen LogP contribution in [0.4, 0.5) is 4.39 Å². The number of halogens is 1. The van der Waals surface area contributed by atoms with Gasteiger partial charge < -0.3 is 5.32 Å². The molecule has 1 unspecified atom stereocenters. The van der Waals surface area contributed by atoms with Crippen LogP contribution in [0, 0.1) is 17.7 Å². The Morgan fingerprint density at radius 3 is 2.33 bits per heavy atom. The zero-order valence-electron chi connectivity index (χ0n) is 14.0. The van der Waals surface area contributed by atoms with Crippen LogP contribution < -0.4 is 5.32 Å². The van der Waals surface area contributed by atoms with Gasteiger partial charge >= 0.3 is 0 Å². The minimum Gasteiger partial charge on any atom is -0.316 e. The van der Waals surface area contributed by atoms with Crippen molar-refractivity contribution in [1.82, 2.24) is 5.32 Å². The third kappa shape index (κ3) is 8.87. The maximum Gasteiger partial charge on any atom is 0.123 e. The molecule has 0 spiro atoms. The van der Waals surface area contributed by atoms with Gasteiger partial charge in [-0.3, -0.25) is 0 Å². The van der Waals surface area contributed by atoms with E-state index in [1.54, 1.807) is 12.1 Å². The highest BCUT2D eigenvalue weighted by Crippen LogP contribution is 2.16. The van der Waals surface area contributed by atoms with E-state index >= 15 is 0 Å². The van der Waals surface area contributed by atoms with E-state index in [2.05, 4.69) is 26.1 Å². The summed E-state index contributed by atoms with van der Waals surface area (Å²) in [5.41, 5.74) is 1.25. The zero-order chi connectivity index (χ0) is 15.5.